The maximum Gasteiger partial charge on any atom is 0.338 e. The number of rotatable bonds is 20. The Labute approximate surface area is 593 Å². The van der Waals surface area contributed by atoms with Gasteiger partial charge in [-0.05, 0) is 187 Å². The van der Waals surface area contributed by atoms with Gasteiger partial charge in [0.2, 0.25) is 0 Å². The predicted molar refractivity (Wildman–Crippen MR) is 389 cm³/mol. The number of amides is 2. The molecule has 1 aliphatic heterocycles. The van der Waals surface area contributed by atoms with Crippen molar-refractivity contribution in [2.75, 3.05) is 0 Å². The molecule has 12 aromatic rings. The molecule has 0 unspecified atom stereocenters. The highest BCUT2D eigenvalue weighted by Gasteiger charge is 2.21. The van der Waals surface area contributed by atoms with Crippen molar-refractivity contribution in [1.82, 2.24) is 11.0 Å². The van der Waals surface area contributed by atoms with E-state index in [1.807, 2.05) is 224 Å². The molecule has 0 bridgehead atoms. The maximum atomic E-state index is 12.7. The van der Waals surface area contributed by atoms with Gasteiger partial charge in [-0.15, -0.1) is 36.2 Å². The number of carbonyl (C=O) groups is 4. The number of thiol groups is 1. The Kier molecular flexibility index (Phi) is 27.7. The van der Waals surface area contributed by atoms with Gasteiger partial charge in [-0.1, -0.05) is 146 Å². The molecule has 1 aliphatic rings. The first-order chi connectivity index (χ1) is 48.7. The summed E-state index contributed by atoms with van der Waals surface area (Å²) in [6.07, 6.45) is 0. The Balaban J connectivity index is 0.000000151. The molecule has 13 rings (SSSR count). The van der Waals surface area contributed by atoms with Crippen molar-refractivity contribution in [3.63, 3.8) is 0 Å². The largest absolute Gasteiger partial charge is 0.478 e. The molecule has 5 N–H and O–H groups in total. The Hall–Kier alpha value is -11.4. The van der Waals surface area contributed by atoms with Crippen LogP contribution in [0.15, 0.2) is 335 Å². The Morgan fingerprint density at radius 3 is 1.12 bits per heavy atom. The third-order valence-corrected chi connectivity index (χ3v) is 18.4. The topological polar surface area (TPSA) is 233 Å². The fourth-order valence-electron chi connectivity index (χ4n) is 9.32. The summed E-state index contributed by atoms with van der Waals surface area (Å²) in [5.41, 5.74) is 7.83. The molecule has 504 valence electrons. The number of esters is 1. The quantitative estimate of drug-likeness (QED) is 0.0137. The second-order valence-electron chi connectivity index (χ2n) is 21.3. The summed E-state index contributed by atoms with van der Waals surface area (Å²) < 4.78 is 53.0. The van der Waals surface area contributed by atoms with Crippen molar-refractivity contribution in [1.29, 1.82) is 0 Å². The van der Waals surface area contributed by atoms with Gasteiger partial charge in [-0.25, -0.2) is 29.0 Å². The number of nitrogens with one attached hydrogen (secondary N) is 2. The van der Waals surface area contributed by atoms with Gasteiger partial charge in [0, 0.05) is 42.9 Å². The first kappa shape index (κ1) is 72.9. The Morgan fingerprint density at radius 1 is 0.400 bits per heavy atom. The molecule has 16 nitrogen and oxygen atoms in total. The van der Waals surface area contributed by atoms with Crippen LogP contribution in [0.2, 0.25) is 0 Å². The van der Waals surface area contributed by atoms with E-state index >= 15 is 0 Å². The van der Waals surface area contributed by atoms with Gasteiger partial charge >= 0.3 is 11.9 Å². The van der Waals surface area contributed by atoms with Crippen LogP contribution in [0.4, 0.5) is 0 Å². The number of sulfone groups is 1. The number of aromatic carboxylic acids is 1. The summed E-state index contributed by atoms with van der Waals surface area (Å²) in [6.45, 7) is 0.439. The molecule has 0 fully saturated rings. The van der Waals surface area contributed by atoms with Gasteiger partial charge in [0.15, 0.2) is 9.84 Å². The molecule has 12 aromatic carbocycles. The number of carbonyl (C=O) groups excluding carboxylic acids is 3. The van der Waals surface area contributed by atoms with Gasteiger partial charge in [-0.3, -0.25) is 20.0 Å². The number of carboxylic acids is 1. The first-order valence-corrected chi connectivity index (χ1v) is 34.9. The van der Waals surface area contributed by atoms with Crippen LogP contribution in [0.3, 0.4) is 0 Å². The molecule has 0 atom stereocenters. The van der Waals surface area contributed by atoms with Crippen LogP contribution >= 0.6 is 36.2 Å². The molecular weight excluding hydrogens is 1340 g/mol. The highest BCUT2D eigenvalue weighted by molar-refractivity contribution is 7.98. The predicted octanol–water partition coefficient (Wildman–Crippen LogP) is 19.1. The highest BCUT2D eigenvalue weighted by atomic mass is 32.2. The number of para-hydroxylation sites is 4. The van der Waals surface area contributed by atoms with E-state index in [1.54, 1.807) is 95.7 Å². The number of hydrogen-bond donors (Lipinski definition) is 6. The van der Waals surface area contributed by atoms with Crippen LogP contribution in [0.1, 0.15) is 63.7 Å². The molecule has 0 saturated carbocycles. The monoisotopic (exact) mass is 1410 g/mol. The second kappa shape index (κ2) is 38.0. The van der Waals surface area contributed by atoms with E-state index in [4.69, 9.17) is 34.1 Å². The van der Waals surface area contributed by atoms with E-state index in [0.717, 1.165) is 65.9 Å². The van der Waals surface area contributed by atoms with Crippen LogP contribution in [-0.2, 0) is 38.4 Å². The van der Waals surface area contributed by atoms with E-state index in [2.05, 4.69) is 12.6 Å². The number of hydrogen-bond acceptors (Lipinski definition) is 16. The van der Waals surface area contributed by atoms with Crippen molar-refractivity contribution in [3.8, 4) is 46.0 Å². The fourth-order valence-corrected chi connectivity index (χ4v) is 12.7. The minimum absolute atomic E-state index is 0.104. The zero-order valence-electron chi connectivity index (χ0n) is 53.4. The number of benzene rings is 12. The molecule has 1 heterocycles. The number of thioether (sulfide) groups is 2. The summed E-state index contributed by atoms with van der Waals surface area (Å²) in [5.74, 6) is 4.51. The van der Waals surface area contributed by atoms with Gasteiger partial charge in [0.25, 0.3) is 11.8 Å². The third kappa shape index (κ3) is 22.9. The summed E-state index contributed by atoms with van der Waals surface area (Å²) in [7, 11) is -3.68. The Bertz CT molecular complexity index is 4700. The van der Waals surface area contributed by atoms with Crippen LogP contribution in [-0.4, -0.2) is 47.7 Å². The van der Waals surface area contributed by atoms with Crippen molar-refractivity contribution in [2.45, 2.75) is 43.4 Å². The molecule has 0 aliphatic carbocycles. The van der Waals surface area contributed by atoms with Crippen molar-refractivity contribution in [2.24, 2.45) is 0 Å². The normalized spacial score (nSPS) is 10.8. The molecule has 0 saturated heterocycles. The van der Waals surface area contributed by atoms with Crippen molar-refractivity contribution in [3.05, 3.63) is 360 Å². The lowest BCUT2D eigenvalue weighted by Gasteiger charge is -2.10. The van der Waals surface area contributed by atoms with Crippen LogP contribution in [0, 0.1) is 0 Å². The zero-order chi connectivity index (χ0) is 70.3. The van der Waals surface area contributed by atoms with E-state index in [-0.39, 0.29) is 22.2 Å². The molecular formula is C80H66N2O14S4. The lowest BCUT2D eigenvalue weighted by Crippen LogP contribution is -2.21. The van der Waals surface area contributed by atoms with Gasteiger partial charge in [0.05, 0.1) is 21.8 Å². The first-order valence-electron chi connectivity index (χ1n) is 30.8. The average molecular weight is 1410 g/mol. The average Bonchev–Trinajstić information content (AvgIpc) is 1.37. The SMILES string of the molecule is O=C(NO)c1ccccc1CS(=O)(=O)c1ccc(Oc2ccccc2)cc1.O=C(NO)c1ccccc1CSc1ccc(Oc2ccccc2)cc1.O=C(O)c1ccccc1CSc1ccc(Oc2ccccc2)cc1.O=C1OCc2ccccc21.Sc1ccc(Oc2ccccc2)cc1. The summed E-state index contributed by atoms with van der Waals surface area (Å²) in [4.78, 5) is 48.6. The van der Waals surface area contributed by atoms with Crippen LogP contribution < -0.4 is 29.9 Å². The lowest BCUT2D eigenvalue weighted by atomic mass is 10.1. The highest BCUT2D eigenvalue weighted by Crippen LogP contribution is 2.32. The number of fused-ring (bicyclic) bond motifs is 1. The number of cyclic esters (lactones) is 1. The molecule has 0 aromatic heterocycles. The smallest absolute Gasteiger partial charge is 0.338 e. The third-order valence-electron chi connectivity index (χ3n) is 14.3. The lowest BCUT2D eigenvalue weighted by molar-refractivity contribution is 0.0534. The molecule has 20 heteroatoms. The second-order valence-corrected chi connectivity index (χ2v) is 25.9. The maximum absolute atomic E-state index is 12.7. The standard InChI is InChI=1S/C20H17NO5S.C20H17NO3S.C20H16O3S.C12H10OS.C8H6O2/c22-20(21-23)19-9-5-4-6-15(19)14-27(24,25)18-12-10-17(11-13-18)26-16-7-2-1-3-8-16;22-20(21-23)19-9-5-4-6-15(19)14-25-18-12-10-17(11-13-18)24-16-7-2-1-3-8-16;21-20(22)19-9-5-4-6-15(19)14-24-18-12-10-17(11-13-18)23-16-7-2-1-3-8-16;14-12-8-6-11(7-9-12)13-10-4-2-1-3-5-10;9-8-7-4-2-1-3-6(7)5-10-8/h1-13,23H,14H2,(H,21,22);1-13,23H,14H2,(H,21,22);1-13H,14H2,(H,21,22);1-9,14H;1-4H,5H2. The van der Waals surface area contributed by atoms with Gasteiger partial charge < -0.3 is 28.8 Å². The molecule has 0 spiro atoms. The summed E-state index contributed by atoms with van der Waals surface area (Å²) in [6, 6.07) is 95.3. The van der Waals surface area contributed by atoms with E-state index in [9.17, 15) is 32.7 Å². The van der Waals surface area contributed by atoms with E-state index in [0.29, 0.717) is 51.9 Å². The fraction of sp³-hybridized carbons (Fsp3) is 0.0500. The van der Waals surface area contributed by atoms with Crippen molar-refractivity contribution >= 4 is 69.7 Å². The summed E-state index contributed by atoms with van der Waals surface area (Å²) >= 11 is 7.42. The molecule has 2 amide bonds. The minimum atomic E-state index is -3.68. The van der Waals surface area contributed by atoms with Gasteiger partial charge in [0.1, 0.15) is 52.6 Å². The minimum Gasteiger partial charge on any atom is -0.478 e. The summed E-state index contributed by atoms with van der Waals surface area (Å²) in [5, 5.41) is 26.9. The number of ether oxygens (including phenoxy) is 5. The van der Waals surface area contributed by atoms with Crippen molar-refractivity contribution < 1.29 is 66.8 Å². The van der Waals surface area contributed by atoms with Crippen LogP contribution in [0.5, 0.6) is 46.0 Å². The Morgan fingerprint density at radius 2 is 0.720 bits per heavy atom. The van der Waals surface area contributed by atoms with Crippen LogP contribution in [0.25, 0.3) is 0 Å². The molecule has 100 heavy (non-hydrogen) atoms. The molecule has 0 radical (unpaired) electrons. The zero-order valence-corrected chi connectivity index (χ0v) is 56.7. The number of hydroxylamine groups is 2. The van der Waals surface area contributed by atoms with E-state index < -0.39 is 27.6 Å². The van der Waals surface area contributed by atoms with Gasteiger partial charge in [-0.2, -0.15) is 0 Å². The number of carboxylic acid groups (broad SMARTS) is 1. The van der Waals surface area contributed by atoms with E-state index in [1.165, 1.54) is 29.7 Å².